The smallest absolute Gasteiger partial charge is 0.336 e. The van der Waals surface area contributed by atoms with Crippen LogP contribution < -0.4 is 4.90 Å². The number of anilines is 1. The summed E-state index contributed by atoms with van der Waals surface area (Å²) in [5, 5.41) is 9.20. The lowest BCUT2D eigenvalue weighted by molar-refractivity contribution is 0.0697. The molecule has 0 aliphatic rings. The number of hydrogen-bond donors (Lipinski definition) is 1. The highest BCUT2D eigenvalue weighted by Gasteiger charge is 2.11. The highest BCUT2D eigenvalue weighted by molar-refractivity contribution is 5.96. The standard InChI is InChI=1S/C15H15NO2/c1-16(2)12-7-5-6-11(10-12)13-8-3-4-9-14(13)15(17)18/h3-10H,1-2H3,(H,17,18). The number of carbonyl (C=O) groups is 1. The molecule has 0 saturated carbocycles. The first-order chi connectivity index (χ1) is 8.59. The maximum absolute atomic E-state index is 11.2. The molecule has 3 nitrogen and oxygen atoms in total. The second-order valence-electron chi connectivity index (χ2n) is 4.30. The van der Waals surface area contributed by atoms with Gasteiger partial charge in [0.15, 0.2) is 0 Å². The van der Waals surface area contributed by atoms with Crippen LogP contribution in [-0.2, 0) is 0 Å². The third kappa shape index (κ3) is 2.35. The Kier molecular flexibility index (Phi) is 3.33. The predicted molar refractivity (Wildman–Crippen MR) is 73.2 cm³/mol. The lowest BCUT2D eigenvalue weighted by Gasteiger charge is -2.14. The topological polar surface area (TPSA) is 40.5 Å². The second-order valence-corrected chi connectivity index (χ2v) is 4.30. The lowest BCUT2D eigenvalue weighted by atomic mass is 9.99. The van der Waals surface area contributed by atoms with Crippen molar-refractivity contribution in [2.75, 3.05) is 19.0 Å². The van der Waals surface area contributed by atoms with Crippen LogP contribution in [0.25, 0.3) is 11.1 Å². The maximum Gasteiger partial charge on any atom is 0.336 e. The fourth-order valence-corrected chi connectivity index (χ4v) is 1.87. The molecule has 0 bridgehead atoms. The number of aromatic carboxylic acids is 1. The van der Waals surface area contributed by atoms with Gasteiger partial charge < -0.3 is 10.0 Å². The van der Waals surface area contributed by atoms with Crippen LogP contribution in [0.2, 0.25) is 0 Å². The molecule has 1 N–H and O–H groups in total. The molecule has 0 saturated heterocycles. The summed E-state index contributed by atoms with van der Waals surface area (Å²) in [5.74, 6) is -0.902. The van der Waals surface area contributed by atoms with Gasteiger partial charge in [-0.05, 0) is 29.3 Å². The van der Waals surface area contributed by atoms with Crippen molar-refractivity contribution in [1.82, 2.24) is 0 Å². The van der Waals surface area contributed by atoms with E-state index < -0.39 is 5.97 Å². The van der Waals surface area contributed by atoms with Crippen molar-refractivity contribution in [1.29, 1.82) is 0 Å². The summed E-state index contributed by atoms with van der Waals surface area (Å²) >= 11 is 0. The predicted octanol–water partition coefficient (Wildman–Crippen LogP) is 3.12. The first-order valence-electron chi connectivity index (χ1n) is 5.69. The zero-order valence-corrected chi connectivity index (χ0v) is 10.4. The van der Waals surface area contributed by atoms with Crippen molar-refractivity contribution in [3.63, 3.8) is 0 Å². The highest BCUT2D eigenvalue weighted by Crippen LogP contribution is 2.26. The van der Waals surface area contributed by atoms with Gasteiger partial charge in [-0.25, -0.2) is 4.79 Å². The van der Waals surface area contributed by atoms with Crippen LogP contribution in [0.5, 0.6) is 0 Å². The monoisotopic (exact) mass is 241 g/mol. The number of carboxylic acids is 1. The van der Waals surface area contributed by atoms with Crippen molar-refractivity contribution in [3.8, 4) is 11.1 Å². The Bertz CT molecular complexity index is 576. The van der Waals surface area contributed by atoms with Gasteiger partial charge in [0.05, 0.1) is 5.56 Å². The van der Waals surface area contributed by atoms with Gasteiger partial charge in [0.25, 0.3) is 0 Å². The van der Waals surface area contributed by atoms with Crippen LogP contribution in [0.4, 0.5) is 5.69 Å². The summed E-state index contributed by atoms with van der Waals surface area (Å²) in [7, 11) is 3.92. The Balaban J connectivity index is 2.55. The largest absolute Gasteiger partial charge is 0.478 e. The Morgan fingerprint density at radius 1 is 1.06 bits per heavy atom. The van der Waals surface area contributed by atoms with Gasteiger partial charge in [0.2, 0.25) is 0 Å². The molecular weight excluding hydrogens is 226 g/mol. The molecule has 3 heteroatoms. The van der Waals surface area contributed by atoms with Crippen molar-refractivity contribution in [2.24, 2.45) is 0 Å². The third-order valence-electron chi connectivity index (χ3n) is 2.83. The van der Waals surface area contributed by atoms with E-state index in [-0.39, 0.29) is 0 Å². The zero-order chi connectivity index (χ0) is 13.1. The summed E-state index contributed by atoms with van der Waals surface area (Å²) in [6, 6.07) is 14.9. The minimum atomic E-state index is -0.902. The van der Waals surface area contributed by atoms with Crippen LogP contribution >= 0.6 is 0 Å². The average Bonchev–Trinajstić information content (AvgIpc) is 2.39. The van der Waals surface area contributed by atoms with E-state index in [0.717, 1.165) is 16.8 Å². The van der Waals surface area contributed by atoms with E-state index in [1.54, 1.807) is 12.1 Å². The first kappa shape index (κ1) is 12.2. The Hall–Kier alpha value is -2.29. The van der Waals surface area contributed by atoms with E-state index >= 15 is 0 Å². The van der Waals surface area contributed by atoms with Crippen LogP contribution in [0, 0.1) is 0 Å². The molecule has 2 rings (SSSR count). The fourth-order valence-electron chi connectivity index (χ4n) is 1.87. The van der Waals surface area contributed by atoms with Gasteiger partial charge in [0.1, 0.15) is 0 Å². The molecule has 0 aliphatic carbocycles. The number of benzene rings is 2. The second kappa shape index (κ2) is 4.92. The maximum atomic E-state index is 11.2. The molecule has 0 aliphatic heterocycles. The van der Waals surface area contributed by atoms with E-state index in [9.17, 15) is 9.90 Å². The summed E-state index contributed by atoms with van der Waals surface area (Å²) in [5.41, 5.74) is 3.04. The fraction of sp³-hybridized carbons (Fsp3) is 0.133. The summed E-state index contributed by atoms with van der Waals surface area (Å²) in [6.07, 6.45) is 0. The molecule has 0 atom stereocenters. The molecule has 92 valence electrons. The van der Waals surface area contributed by atoms with Crippen molar-refractivity contribution >= 4 is 11.7 Å². The van der Waals surface area contributed by atoms with Crippen LogP contribution in [0.15, 0.2) is 48.5 Å². The zero-order valence-electron chi connectivity index (χ0n) is 10.4. The van der Waals surface area contributed by atoms with Gasteiger partial charge in [0, 0.05) is 19.8 Å². The number of carboxylic acid groups (broad SMARTS) is 1. The molecule has 0 amide bonds. The van der Waals surface area contributed by atoms with Crippen LogP contribution in [-0.4, -0.2) is 25.2 Å². The van der Waals surface area contributed by atoms with Crippen molar-refractivity contribution < 1.29 is 9.90 Å². The average molecular weight is 241 g/mol. The Morgan fingerprint density at radius 3 is 2.44 bits per heavy atom. The Morgan fingerprint density at radius 2 is 1.78 bits per heavy atom. The number of rotatable bonds is 3. The van der Waals surface area contributed by atoms with Gasteiger partial charge in [-0.2, -0.15) is 0 Å². The normalized spacial score (nSPS) is 10.1. The molecule has 2 aromatic rings. The molecular formula is C15H15NO2. The van der Waals surface area contributed by atoms with E-state index in [0.29, 0.717) is 5.56 Å². The van der Waals surface area contributed by atoms with E-state index in [1.165, 1.54) is 0 Å². The van der Waals surface area contributed by atoms with E-state index in [2.05, 4.69) is 0 Å². The van der Waals surface area contributed by atoms with E-state index in [1.807, 2.05) is 55.4 Å². The van der Waals surface area contributed by atoms with Crippen LogP contribution in [0.1, 0.15) is 10.4 Å². The van der Waals surface area contributed by atoms with Gasteiger partial charge in [-0.15, -0.1) is 0 Å². The van der Waals surface area contributed by atoms with Crippen LogP contribution in [0.3, 0.4) is 0 Å². The lowest BCUT2D eigenvalue weighted by Crippen LogP contribution is -2.08. The minimum absolute atomic E-state index is 0.327. The molecule has 0 fully saturated rings. The van der Waals surface area contributed by atoms with E-state index in [4.69, 9.17) is 0 Å². The molecule has 0 heterocycles. The quantitative estimate of drug-likeness (QED) is 0.897. The van der Waals surface area contributed by atoms with Gasteiger partial charge in [-0.3, -0.25) is 0 Å². The summed E-state index contributed by atoms with van der Waals surface area (Å²) in [4.78, 5) is 13.2. The number of nitrogens with zero attached hydrogens (tertiary/aromatic N) is 1. The highest BCUT2D eigenvalue weighted by atomic mass is 16.4. The molecule has 0 spiro atoms. The summed E-state index contributed by atoms with van der Waals surface area (Å²) < 4.78 is 0. The van der Waals surface area contributed by atoms with Crippen molar-refractivity contribution in [3.05, 3.63) is 54.1 Å². The third-order valence-corrected chi connectivity index (χ3v) is 2.83. The Labute approximate surface area is 106 Å². The molecule has 0 aromatic heterocycles. The van der Waals surface area contributed by atoms with Crippen molar-refractivity contribution in [2.45, 2.75) is 0 Å². The molecule has 0 unspecified atom stereocenters. The molecule has 18 heavy (non-hydrogen) atoms. The molecule has 0 radical (unpaired) electrons. The SMILES string of the molecule is CN(C)c1cccc(-c2ccccc2C(=O)O)c1. The molecule has 2 aromatic carbocycles. The number of hydrogen-bond acceptors (Lipinski definition) is 2. The minimum Gasteiger partial charge on any atom is -0.478 e. The first-order valence-corrected chi connectivity index (χ1v) is 5.69. The summed E-state index contributed by atoms with van der Waals surface area (Å²) in [6.45, 7) is 0. The van der Waals surface area contributed by atoms with Gasteiger partial charge >= 0.3 is 5.97 Å². The van der Waals surface area contributed by atoms with Gasteiger partial charge in [-0.1, -0.05) is 30.3 Å².